The average Bonchev–Trinajstić information content (AvgIpc) is 4.07. The molecule has 0 fully saturated rings. The molecule has 0 atom stereocenters. The van der Waals surface area contributed by atoms with Gasteiger partial charge in [0.15, 0.2) is 5.58 Å². The molecular weight excluding hydrogens is 817 g/mol. The molecule has 0 saturated carbocycles. The maximum atomic E-state index is 6.87. The molecule has 310 valence electrons. The van der Waals surface area contributed by atoms with Gasteiger partial charge in [-0.1, -0.05) is 194 Å². The molecule has 4 heterocycles. The Kier molecular flexibility index (Phi) is 7.44. The van der Waals surface area contributed by atoms with Crippen LogP contribution in [0.2, 0.25) is 0 Å². The Morgan fingerprint density at radius 3 is 1.48 bits per heavy atom. The van der Waals surface area contributed by atoms with Crippen LogP contribution in [0.3, 0.4) is 0 Å². The number of rotatable bonds is 4. The van der Waals surface area contributed by atoms with Gasteiger partial charge in [0.2, 0.25) is 5.95 Å². The fourth-order valence-corrected chi connectivity index (χ4v) is 11.3. The van der Waals surface area contributed by atoms with Crippen LogP contribution in [-0.2, 0) is 0 Å². The van der Waals surface area contributed by atoms with Crippen molar-refractivity contribution in [3.63, 3.8) is 0 Å². The number of hydrogen-bond donors (Lipinski definition) is 0. The predicted molar refractivity (Wildman–Crippen MR) is 279 cm³/mol. The maximum absolute atomic E-state index is 6.87. The van der Waals surface area contributed by atoms with Gasteiger partial charge in [-0.05, 0) is 56.6 Å². The molecule has 4 aromatic heterocycles. The van der Waals surface area contributed by atoms with Crippen LogP contribution < -0.4 is 0 Å². The van der Waals surface area contributed by atoms with Crippen LogP contribution in [0.1, 0.15) is 0 Å². The molecule has 0 aliphatic rings. The fourth-order valence-electron chi connectivity index (χ4n) is 11.3. The van der Waals surface area contributed by atoms with Crippen molar-refractivity contribution in [3.05, 3.63) is 218 Å². The molecule has 0 radical (unpaired) electrons. The molecule has 15 rings (SSSR count). The number of fused-ring (bicyclic) bond motifs is 20. The fraction of sp³-hybridized carbons (Fsp3) is 0. The van der Waals surface area contributed by atoms with E-state index in [0.717, 1.165) is 93.8 Å². The van der Waals surface area contributed by atoms with Crippen molar-refractivity contribution in [3.8, 4) is 34.2 Å². The van der Waals surface area contributed by atoms with Crippen molar-refractivity contribution in [1.29, 1.82) is 0 Å². The molecule has 0 unspecified atom stereocenters. The van der Waals surface area contributed by atoms with Gasteiger partial charge in [0.05, 0.1) is 39.1 Å². The van der Waals surface area contributed by atoms with E-state index in [2.05, 4.69) is 221 Å². The molecule has 0 amide bonds. The van der Waals surface area contributed by atoms with E-state index in [-0.39, 0.29) is 0 Å². The summed E-state index contributed by atoms with van der Waals surface area (Å²) in [5.41, 5.74) is 10.6. The standard InChI is InChI=1S/C62H36N4O/c1-3-18-37(19-4-1)50-36-51(38-20-5-2-6-21-38)64-62(63-50)66-59-49(56-46-29-12-11-28-45(46)55-43-26-9-7-22-39(43)40-23-8-10-27-44(40)57(55)60(56)66)35-34-47-41-24-13-15-31-52(41)65(58(47)59)53-32-17-30-48-42-25-14-16-33-54(42)67-61(48)53/h1-36H. The van der Waals surface area contributed by atoms with Crippen LogP contribution in [0.4, 0.5) is 0 Å². The van der Waals surface area contributed by atoms with Crippen LogP contribution in [0.15, 0.2) is 223 Å². The number of nitrogens with zero attached hydrogens (tertiary/aromatic N) is 4. The first-order valence-electron chi connectivity index (χ1n) is 22.8. The van der Waals surface area contributed by atoms with Gasteiger partial charge < -0.3 is 8.98 Å². The molecule has 0 spiro atoms. The Morgan fingerprint density at radius 1 is 0.313 bits per heavy atom. The first-order valence-corrected chi connectivity index (χ1v) is 22.8. The van der Waals surface area contributed by atoms with E-state index in [0.29, 0.717) is 5.95 Å². The minimum Gasteiger partial charge on any atom is -0.454 e. The lowest BCUT2D eigenvalue weighted by atomic mass is 9.89. The van der Waals surface area contributed by atoms with Gasteiger partial charge in [-0.15, -0.1) is 0 Å². The summed E-state index contributed by atoms with van der Waals surface area (Å²) in [6.07, 6.45) is 0. The average molecular weight is 853 g/mol. The zero-order valence-electron chi connectivity index (χ0n) is 36.0. The third kappa shape index (κ3) is 5.02. The van der Waals surface area contributed by atoms with E-state index in [9.17, 15) is 0 Å². The summed E-state index contributed by atoms with van der Waals surface area (Å²) in [4.78, 5) is 11.3. The normalized spacial score (nSPS) is 12.2. The first kappa shape index (κ1) is 36.3. The molecule has 0 aliphatic heterocycles. The molecular formula is C62H36N4O. The summed E-state index contributed by atoms with van der Waals surface area (Å²) in [5, 5.41) is 16.3. The minimum atomic E-state index is 0.597. The van der Waals surface area contributed by atoms with E-state index in [4.69, 9.17) is 14.4 Å². The van der Waals surface area contributed by atoms with Crippen molar-refractivity contribution in [2.45, 2.75) is 0 Å². The Balaban J connectivity index is 1.25. The topological polar surface area (TPSA) is 48.8 Å². The van der Waals surface area contributed by atoms with E-state index in [1.165, 1.54) is 43.1 Å². The second-order valence-electron chi connectivity index (χ2n) is 17.6. The van der Waals surface area contributed by atoms with Crippen molar-refractivity contribution in [1.82, 2.24) is 19.1 Å². The van der Waals surface area contributed by atoms with Crippen LogP contribution in [0, 0.1) is 0 Å². The van der Waals surface area contributed by atoms with Crippen LogP contribution in [0.5, 0.6) is 0 Å². The van der Waals surface area contributed by atoms with E-state index in [1.807, 2.05) is 6.07 Å². The van der Waals surface area contributed by atoms with Crippen molar-refractivity contribution >= 4 is 109 Å². The summed E-state index contributed by atoms with van der Waals surface area (Å²) in [7, 11) is 0. The van der Waals surface area contributed by atoms with Crippen LogP contribution in [0.25, 0.3) is 143 Å². The highest BCUT2D eigenvalue weighted by atomic mass is 16.3. The highest BCUT2D eigenvalue weighted by molar-refractivity contribution is 6.43. The third-order valence-corrected chi connectivity index (χ3v) is 14.1. The second kappa shape index (κ2) is 13.7. The number of furan rings is 1. The van der Waals surface area contributed by atoms with Gasteiger partial charge in [0.1, 0.15) is 5.58 Å². The van der Waals surface area contributed by atoms with Crippen LogP contribution in [-0.4, -0.2) is 19.1 Å². The molecule has 0 aliphatic carbocycles. The van der Waals surface area contributed by atoms with E-state index < -0.39 is 0 Å². The Hall–Kier alpha value is -9.06. The molecule has 15 aromatic rings. The zero-order valence-corrected chi connectivity index (χ0v) is 36.0. The Morgan fingerprint density at radius 2 is 0.806 bits per heavy atom. The zero-order chi connectivity index (χ0) is 43.7. The maximum Gasteiger partial charge on any atom is 0.235 e. The molecule has 0 bridgehead atoms. The smallest absolute Gasteiger partial charge is 0.235 e. The Bertz CT molecular complexity index is 4500. The van der Waals surface area contributed by atoms with Gasteiger partial charge in [-0.3, -0.25) is 4.57 Å². The molecule has 5 heteroatoms. The van der Waals surface area contributed by atoms with Crippen molar-refractivity contribution in [2.24, 2.45) is 0 Å². The quantitative estimate of drug-likeness (QED) is 0.166. The summed E-state index contributed by atoms with van der Waals surface area (Å²) in [5.74, 6) is 0.597. The lowest BCUT2D eigenvalue weighted by Gasteiger charge is -2.17. The number of para-hydroxylation sites is 3. The SMILES string of the molecule is c1ccc(-c2cc(-c3ccccc3)nc(-n3c4c(c5ccccc5c5c6ccccc6c6ccccc6c54)c4ccc5c6ccccc6n(-c6cccc7c6oc6ccccc67)c5c43)n2)cc1. The third-order valence-electron chi connectivity index (χ3n) is 14.1. The summed E-state index contributed by atoms with van der Waals surface area (Å²) in [6, 6.07) is 78.2. The molecule has 11 aromatic carbocycles. The van der Waals surface area contributed by atoms with Crippen LogP contribution >= 0.6 is 0 Å². The molecule has 67 heavy (non-hydrogen) atoms. The number of aromatic nitrogens is 4. The van der Waals surface area contributed by atoms with Gasteiger partial charge in [0, 0.05) is 54.2 Å². The van der Waals surface area contributed by atoms with Gasteiger partial charge in [0.25, 0.3) is 0 Å². The summed E-state index contributed by atoms with van der Waals surface area (Å²) < 4.78 is 11.7. The minimum absolute atomic E-state index is 0.597. The molecule has 0 N–H and O–H groups in total. The monoisotopic (exact) mass is 852 g/mol. The van der Waals surface area contributed by atoms with Crippen molar-refractivity contribution < 1.29 is 4.42 Å². The molecule has 0 saturated heterocycles. The lowest BCUT2D eigenvalue weighted by Crippen LogP contribution is -2.06. The largest absolute Gasteiger partial charge is 0.454 e. The highest BCUT2D eigenvalue weighted by Crippen LogP contribution is 2.50. The predicted octanol–water partition coefficient (Wildman–Crippen LogP) is 16.5. The van der Waals surface area contributed by atoms with Gasteiger partial charge in [-0.2, -0.15) is 0 Å². The van der Waals surface area contributed by atoms with E-state index >= 15 is 0 Å². The number of benzene rings is 11. The van der Waals surface area contributed by atoms with Gasteiger partial charge in [-0.25, -0.2) is 9.97 Å². The Labute approximate surface area is 383 Å². The van der Waals surface area contributed by atoms with Crippen molar-refractivity contribution in [2.75, 3.05) is 0 Å². The second-order valence-corrected chi connectivity index (χ2v) is 17.6. The first-order chi connectivity index (χ1) is 33.3. The highest BCUT2D eigenvalue weighted by Gasteiger charge is 2.28. The van der Waals surface area contributed by atoms with E-state index in [1.54, 1.807) is 0 Å². The summed E-state index contributed by atoms with van der Waals surface area (Å²) >= 11 is 0. The lowest BCUT2D eigenvalue weighted by molar-refractivity contribution is 0.666. The number of hydrogen-bond acceptors (Lipinski definition) is 3. The summed E-state index contributed by atoms with van der Waals surface area (Å²) in [6.45, 7) is 0. The molecule has 5 nitrogen and oxygen atoms in total. The van der Waals surface area contributed by atoms with Gasteiger partial charge >= 0.3 is 0 Å².